The Kier molecular flexibility index (Phi) is 4.13. The highest BCUT2D eigenvalue weighted by atomic mass is 32.1. The number of aryl methyl sites for hydroxylation is 3. The van der Waals surface area contributed by atoms with E-state index in [0.717, 1.165) is 11.0 Å². The van der Waals surface area contributed by atoms with Crippen LogP contribution in [0.2, 0.25) is 0 Å². The third kappa shape index (κ3) is 2.75. The zero-order valence-corrected chi connectivity index (χ0v) is 21.7. The summed E-state index contributed by atoms with van der Waals surface area (Å²) in [4.78, 5) is 1.25. The van der Waals surface area contributed by atoms with Crippen LogP contribution < -0.4 is 0 Å². The number of hydrogen-bond donors (Lipinski definition) is 0. The van der Waals surface area contributed by atoms with E-state index in [0.29, 0.717) is 0 Å². The Labute approximate surface area is 217 Å². The minimum absolute atomic E-state index is 1.14. The van der Waals surface area contributed by atoms with Crippen LogP contribution in [0.15, 0.2) is 91.3 Å². The lowest BCUT2D eigenvalue weighted by Gasteiger charge is -2.10. The van der Waals surface area contributed by atoms with Gasteiger partial charge >= 0.3 is 0 Å². The maximum atomic E-state index is 4.71. The van der Waals surface area contributed by atoms with Crippen molar-refractivity contribution in [3.63, 3.8) is 0 Å². The van der Waals surface area contributed by atoms with Crippen molar-refractivity contribution in [2.24, 2.45) is 7.05 Å². The number of hydrogen-bond acceptors (Lipinski definition) is 2. The third-order valence-electron chi connectivity index (χ3n) is 7.84. The van der Waals surface area contributed by atoms with Gasteiger partial charge in [0.25, 0.3) is 0 Å². The zero-order valence-electron chi connectivity index (χ0n) is 20.9. The molecular formula is C32H24N4S. The van der Waals surface area contributed by atoms with Crippen molar-refractivity contribution in [2.75, 3.05) is 0 Å². The minimum Gasteiger partial charge on any atom is -0.347 e. The van der Waals surface area contributed by atoms with Gasteiger partial charge in [0.05, 0.1) is 38.8 Å². The minimum atomic E-state index is 1.14. The number of benzene rings is 3. The van der Waals surface area contributed by atoms with Crippen molar-refractivity contribution < 1.29 is 0 Å². The Morgan fingerprint density at radius 1 is 0.676 bits per heavy atom. The Balaban J connectivity index is 1.44. The molecule has 0 aliphatic rings. The molecule has 0 aliphatic carbocycles. The van der Waals surface area contributed by atoms with Crippen LogP contribution in [0.25, 0.3) is 64.6 Å². The van der Waals surface area contributed by atoms with Crippen LogP contribution in [-0.4, -0.2) is 18.7 Å². The molecule has 0 atom stereocenters. The molecule has 0 N–H and O–H groups in total. The summed E-state index contributed by atoms with van der Waals surface area (Å²) >= 11 is 1.84. The molecule has 5 heterocycles. The van der Waals surface area contributed by atoms with Crippen LogP contribution in [0.3, 0.4) is 0 Å². The van der Waals surface area contributed by atoms with E-state index in [-0.39, 0.29) is 0 Å². The molecule has 4 nitrogen and oxygen atoms in total. The summed E-state index contributed by atoms with van der Waals surface area (Å²) < 4.78 is 6.76. The van der Waals surface area contributed by atoms with E-state index in [1.54, 1.807) is 0 Å². The predicted molar refractivity (Wildman–Crippen MR) is 156 cm³/mol. The topological polar surface area (TPSA) is 27.2 Å². The van der Waals surface area contributed by atoms with Gasteiger partial charge in [-0.3, -0.25) is 0 Å². The Hall–Kier alpha value is -4.35. The number of nitrogens with zero attached hydrogens (tertiary/aromatic N) is 4. The average Bonchev–Trinajstić information content (AvgIpc) is 3.68. The SMILES string of the molecule is Cc1cc2c(cc1C)c1ccnn1c1cn(C)c(-c3ccc(-n4c5ccccc5c5ccccc54)s3)c21. The fourth-order valence-corrected chi connectivity index (χ4v) is 7.13. The van der Waals surface area contributed by atoms with Gasteiger partial charge in [-0.25, -0.2) is 4.52 Å². The molecule has 178 valence electrons. The lowest BCUT2D eigenvalue weighted by Crippen LogP contribution is -1.92. The van der Waals surface area contributed by atoms with E-state index < -0.39 is 0 Å². The van der Waals surface area contributed by atoms with Crippen molar-refractivity contribution in [3.05, 3.63) is 102 Å². The molecule has 8 rings (SSSR count). The molecule has 0 bridgehead atoms. The number of para-hydroxylation sites is 2. The first-order chi connectivity index (χ1) is 18.1. The van der Waals surface area contributed by atoms with Gasteiger partial charge in [0.2, 0.25) is 0 Å². The molecule has 0 unspecified atom stereocenters. The van der Waals surface area contributed by atoms with Gasteiger partial charge in [0.15, 0.2) is 0 Å². The van der Waals surface area contributed by atoms with Gasteiger partial charge < -0.3 is 9.13 Å². The van der Waals surface area contributed by atoms with Crippen molar-refractivity contribution in [1.82, 2.24) is 18.7 Å². The molecule has 0 saturated heterocycles. The number of aromatic nitrogens is 4. The summed E-state index contributed by atoms with van der Waals surface area (Å²) in [5.41, 5.74) is 8.62. The summed E-state index contributed by atoms with van der Waals surface area (Å²) in [5, 5.41) is 12.3. The van der Waals surface area contributed by atoms with Gasteiger partial charge in [-0.1, -0.05) is 42.5 Å². The maximum Gasteiger partial charge on any atom is 0.101 e. The molecule has 0 radical (unpaired) electrons. The van der Waals surface area contributed by atoms with Gasteiger partial charge in [0, 0.05) is 34.8 Å². The van der Waals surface area contributed by atoms with E-state index in [4.69, 9.17) is 5.10 Å². The first-order valence-electron chi connectivity index (χ1n) is 12.5. The van der Waals surface area contributed by atoms with Crippen LogP contribution >= 0.6 is 11.3 Å². The summed E-state index contributed by atoms with van der Waals surface area (Å²) in [5.74, 6) is 0. The van der Waals surface area contributed by atoms with Gasteiger partial charge in [-0.15, -0.1) is 11.3 Å². The fourth-order valence-electron chi connectivity index (χ4n) is 6.00. The van der Waals surface area contributed by atoms with Crippen LogP contribution in [0.5, 0.6) is 0 Å². The van der Waals surface area contributed by atoms with Gasteiger partial charge in [-0.05, 0) is 66.8 Å². The molecule has 0 fully saturated rings. The fraction of sp³-hybridized carbons (Fsp3) is 0.0938. The van der Waals surface area contributed by atoms with E-state index in [1.165, 1.54) is 64.7 Å². The Bertz CT molecular complexity index is 2130. The van der Waals surface area contributed by atoms with Gasteiger partial charge in [-0.2, -0.15) is 5.10 Å². The second kappa shape index (κ2) is 7.34. The van der Waals surface area contributed by atoms with Crippen molar-refractivity contribution in [3.8, 4) is 15.6 Å². The summed E-state index contributed by atoms with van der Waals surface area (Å²) in [7, 11) is 2.15. The molecule has 3 aromatic carbocycles. The van der Waals surface area contributed by atoms with Crippen molar-refractivity contribution in [2.45, 2.75) is 13.8 Å². The normalized spacial score (nSPS) is 12.2. The first-order valence-corrected chi connectivity index (χ1v) is 13.4. The second-order valence-corrected chi connectivity index (χ2v) is 11.0. The van der Waals surface area contributed by atoms with Crippen LogP contribution in [0.4, 0.5) is 0 Å². The van der Waals surface area contributed by atoms with E-state index >= 15 is 0 Å². The number of fused-ring (bicyclic) bond motifs is 9. The zero-order chi connectivity index (χ0) is 24.8. The molecule has 0 amide bonds. The average molecular weight is 497 g/mol. The molecule has 5 heteroatoms. The first kappa shape index (κ1) is 20.8. The number of thiophene rings is 1. The van der Waals surface area contributed by atoms with Crippen molar-refractivity contribution in [1.29, 1.82) is 0 Å². The predicted octanol–water partition coefficient (Wildman–Crippen LogP) is 8.42. The summed E-state index contributed by atoms with van der Waals surface area (Å²) in [6.07, 6.45) is 4.13. The van der Waals surface area contributed by atoms with Crippen molar-refractivity contribution >= 4 is 60.3 Å². The summed E-state index contributed by atoms with van der Waals surface area (Å²) in [6.45, 7) is 4.39. The van der Waals surface area contributed by atoms with Gasteiger partial charge in [0.1, 0.15) is 5.00 Å². The second-order valence-electron chi connectivity index (χ2n) is 9.97. The molecule has 0 spiro atoms. The van der Waals surface area contributed by atoms with Crippen LogP contribution in [0.1, 0.15) is 11.1 Å². The maximum absolute atomic E-state index is 4.71. The quantitative estimate of drug-likeness (QED) is 0.236. The van der Waals surface area contributed by atoms with Crippen LogP contribution in [0, 0.1) is 13.8 Å². The van der Waals surface area contributed by atoms with Crippen LogP contribution in [-0.2, 0) is 7.05 Å². The molecule has 8 aromatic rings. The molecule has 5 aromatic heterocycles. The highest BCUT2D eigenvalue weighted by Gasteiger charge is 2.20. The molecule has 0 aliphatic heterocycles. The smallest absolute Gasteiger partial charge is 0.101 e. The standard InChI is InChI=1S/C32H24N4S/c1-19-16-23-24(17-20(19)2)31-28(36-27(23)14-15-33-36)18-34(3)32(31)29-12-13-30(37-29)35-25-10-6-4-8-21(25)22-9-5-7-11-26(22)35/h4-18H,1-3H3. The number of pyridine rings is 1. The molecule has 37 heavy (non-hydrogen) atoms. The molecular weight excluding hydrogens is 472 g/mol. The Morgan fingerprint density at radius 3 is 2.08 bits per heavy atom. The highest BCUT2D eigenvalue weighted by molar-refractivity contribution is 7.18. The molecule has 0 saturated carbocycles. The van der Waals surface area contributed by atoms with E-state index in [2.05, 4.69) is 120 Å². The highest BCUT2D eigenvalue weighted by Crippen LogP contribution is 2.42. The Morgan fingerprint density at radius 2 is 1.35 bits per heavy atom. The van der Waals surface area contributed by atoms with E-state index in [1.807, 2.05) is 17.5 Å². The van der Waals surface area contributed by atoms with E-state index in [9.17, 15) is 0 Å². The monoisotopic (exact) mass is 496 g/mol. The third-order valence-corrected chi connectivity index (χ3v) is 8.91. The largest absolute Gasteiger partial charge is 0.347 e. The number of rotatable bonds is 2. The lowest BCUT2D eigenvalue weighted by molar-refractivity contribution is 0.934. The lowest BCUT2D eigenvalue weighted by atomic mass is 9.99. The summed E-state index contributed by atoms with van der Waals surface area (Å²) in [6, 6.07) is 28.7.